The van der Waals surface area contributed by atoms with Gasteiger partial charge in [0.2, 0.25) is 0 Å². The number of aromatic carboxylic acids is 5. The predicted molar refractivity (Wildman–Crippen MR) is 65.6 cm³/mol. The van der Waals surface area contributed by atoms with Gasteiger partial charge in [-0.05, 0) is 29.0 Å². The van der Waals surface area contributed by atoms with Crippen molar-refractivity contribution in [1.29, 1.82) is 0 Å². The van der Waals surface area contributed by atoms with Gasteiger partial charge in [0.25, 0.3) is 0 Å². The molecule has 0 saturated carbocycles. The van der Waals surface area contributed by atoms with Gasteiger partial charge in [0, 0.05) is 27.8 Å². The van der Waals surface area contributed by atoms with Crippen LogP contribution in [0.3, 0.4) is 0 Å². The second kappa shape index (κ2) is 15.8. The van der Waals surface area contributed by atoms with Gasteiger partial charge in [0.15, 0.2) is 0 Å². The zero-order valence-electron chi connectivity index (χ0n) is 16.8. The van der Waals surface area contributed by atoms with Crippen LogP contribution in [-0.2, 0) is 0 Å². The maximum absolute atomic E-state index is 11.3. The Balaban J connectivity index is -0.000000676. The van der Waals surface area contributed by atoms with Crippen molar-refractivity contribution in [3.05, 3.63) is 46.0 Å². The number of rotatable bonds is 5. The maximum atomic E-state index is 11.3. The van der Waals surface area contributed by atoms with Crippen molar-refractivity contribution in [1.82, 2.24) is 0 Å². The molecule has 10 nitrogen and oxygen atoms in total. The van der Waals surface area contributed by atoms with E-state index in [1.807, 2.05) is 0 Å². The van der Waals surface area contributed by atoms with Crippen molar-refractivity contribution in [3.8, 4) is 0 Å². The van der Waals surface area contributed by atoms with Crippen molar-refractivity contribution >= 4 is 40.6 Å². The molecule has 128 valence electrons. The standard InChI is InChI=1S/C15H8O10.5Na/c16-11(17)6-1-4-2-8(13(20)21)10(15(24)25)9(14(22)23)5(4)3-7(6)12(18)19;;;;;/h1-3H,(H,16,17)(H,18,19)(H,20,21)(H,22,23)(H,24,25);;;;;/q;5*+1/p-5. The average Bonchev–Trinajstić information content (AvgIpc) is 2.50. The minimum absolute atomic E-state index is 0. The summed E-state index contributed by atoms with van der Waals surface area (Å²) in [4.78, 5) is 55.6. The average molecular weight is 458 g/mol. The molecule has 30 heavy (non-hydrogen) atoms. The van der Waals surface area contributed by atoms with Crippen LogP contribution >= 0.6 is 0 Å². The summed E-state index contributed by atoms with van der Waals surface area (Å²) in [5.74, 6) is -10.4. The Morgan fingerprint density at radius 3 is 1.13 bits per heavy atom. The van der Waals surface area contributed by atoms with E-state index in [2.05, 4.69) is 0 Å². The van der Waals surface area contributed by atoms with E-state index in [-0.39, 0.29) is 148 Å². The molecule has 0 aliphatic carbocycles. The van der Waals surface area contributed by atoms with E-state index in [1.165, 1.54) is 0 Å². The summed E-state index contributed by atoms with van der Waals surface area (Å²) in [6, 6.07) is 1.72. The molecule has 0 radical (unpaired) electrons. The fourth-order valence-corrected chi connectivity index (χ4v) is 2.37. The Labute approximate surface area is 279 Å². The van der Waals surface area contributed by atoms with Gasteiger partial charge in [-0.2, -0.15) is 0 Å². The summed E-state index contributed by atoms with van der Waals surface area (Å²) >= 11 is 0. The Bertz CT molecular complexity index is 1000. The first-order valence-electron chi connectivity index (χ1n) is 6.27. The van der Waals surface area contributed by atoms with Crippen LogP contribution in [0.4, 0.5) is 0 Å². The molecule has 0 aliphatic heterocycles. The summed E-state index contributed by atoms with van der Waals surface area (Å²) in [6.45, 7) is 0. The molecular weight excluding hydrogens is 455 g/mol. The number of carboxylic acids is 5. The number of benzene rings is 2. The Morgan fingerprint density at radius 2 is 0.800 bits per heavy atom. The third-order valence-corrected chi connectivity index (χ3v) is 3.35. The molecule has 0 unspecified atom stereocenters. The third-order valence-electron chi connectivity index (χ3n) is 3.35. The van der Waals surface area contributed by atoms with Gasteiger partial charge in [0.05, 0.1) is 29.8 Å². The first-order valence-corrected chi connectivity index (χ1v) is 6.27. The van der Waals surface area contributed by atoms with Gasteiger partial charge in [-0.25, -0.2) is 0 Å². The van der Waals surface area contributed by atoms with Gasteiger partial charge in [0.1, 0.15) is 0 Å². The molecule has 15 heteroatoms. The Morgan fingerprint density at radius 1 is 0.467 bits per heavy atom. The van der Waals surface area contributed by atoms with Gasteiger partial charge in [-0.1, -0.05) is 0 Å². The Kier molecular flexibility index (Phi) is 20.2. The summed E-state index contributed by atoms with van der Waals surface area (Å²) in [5.41, 5.74) is -5.55. The molecule has 0 bridgehead atoms. The van der Waals surface area contributed by atoms with Crippen molar-refractivity contribution in [2.45, 2.75) is 0 Å². The van der Waals surface area contributed by atoms with E-state index in [4.69, 9.17) is 0 Å². The molecule has 0 aromatic heterocycles. The van der Waals surface area contributed by atoms with Crippen LogP contribution in [0.1, 0.15) is 51.8 Å². The summed E-state index contributed by atoms with van der Waals surface area (Å²) in [6.07, 6.45) is 0. The maximum Gasteiger partial charge on any atom is 1.00 e. The topological polar surface area (TPSA) is 201 Å². The number of fused-ring (bicyclic) bond motifs is 1. The van der Waals surface area contributed by atoms with Crippen molar-refractivity contribution in [2.75, 3.05) is 0 Å². The van der Waals surface area contributed by atoms with Crippen molar-refractivity contribution in [3.63, 3.8) is 0 Å². The van der Waals surface area contributed by atoms with E-state index >= 15 is 0 Å². The van der Waals surface area contributed by atoms with E-state index in [0.717, 1.165) is 0 Å². The summed E-state index contributed by atoms with van der Waals surface area (Å²) in [7, 11) is 0. The predicted octanol–water partition coefficient (Wildman–Crippen LogP) is -20.3. The minimum atomic E-state index is -2.20. The molecule has 2 aromatic rings. The second-order valence-electron chi connectivity index (χ2n) is 4.73. The molecule has 0 N–H and O–H groups in total. The van der Waals surface area contributed by atoms with Gasteiger partial charge in [-0.15, -0.1) is 0 Å². The largest absolute Gasteiger partial charge is 1.00 e. The SMILES string of the molecule is O=C([O-])c1cc2cc(C(=O)[O-])c(C(=O)[O-])c(C(=O)[O-])c2cc1C(=O)[O-].[Na+].[Na+].[Na+].[Na+].[Na+]. The molecule has 2 aromatic carbocycles. The molecule has 0 heterocycles. The monoisotopic (exact) mass is 458 g/mol. The van der Waals surface area contributed by atoms with Crippen LogP contribution in [-0.4, -0.2) is 29.8 Å². The van der Waals surface area contributed by atoms with Crippen LogP contribution in [0.2, 0.25) is 0 Å². The molecule has 0 spiro atoms. The van der Waals surface area contributed by atoms with E-state index in [1.54, 1.807) is 0 Å². The fraction of sp³-hybridized carbons (Fsp3) is 0. The molecule has 0 aliphatic rings. The minimum Gasteiger partial charge on any atom is -0.545 e. The second-order valence-corrected chi connectivity index (χ2v) is 4.73. The van der Waals surface area contributed by atoms with Crippen molar-refractivity contribution < 1.29 is 197 Å². The van der Waals surface area contributed by atoms with Gasteiger partial charge in [-0.3, -0.25) is 0 Å². The normalized spacial score (nSPS) is 8.67. The number of carbonyl (C=O) groups excluding carboxylic acids is 5. The zero-order chi connectivity index (χ0) is 19.0. The quantitative estimate of drug-likeness (QED) is 0.387. The van der Waals surface area contributed by atoms with E-state index in [9.17, 15) is 49.5 Å². The van der Waals surface area contributed by atoms with Crippen LogP contribution in [0.25, 0.3) is 10.8 Å². The Hall–Kier alpha value is 1.05. The van der Waals surface area contributed by atoms with E-state index < -0.39 is 68.4 Å². The number of hydrogen-bond donors (Lipinski definition) is 0. The van der Waals surface area contributed by atoms with E-state index in [0.29, 0.717) is 18.2 Å². The smallest absolute Gasteiger partial charge is 0.545 e. The molecule has 0 amide bonds. The van der Waals surface area contributed by atoms with Crippen LogP contribution < -0.4 is 173 Å². The first kappa shape index (κ1) is 38.3. The number of hydrogen-bond acceptors (Lipinski definition) is 10. The summed E-state index contributed by atoms with van der Waals surface area (Å²) in [5, 5.41) is 54.6. The van der Waals surface area contributed by atoms with Gasteiger partial charge < -0.3 is 49.5 Å². The number of carboxylic acid groups (broad SMARTS) is 5. The van der Waals surface area contributed by atoms with Crippen LogP contribution in [0.5, 0.6) is 0 Å². The third kappa shape index (κ3) is 8.12. The molecule has 0 saturated heterocycles. The number of carbonyl (C=O) groups is 5. The molecular formula is C15H3Na5O10. The molecule has 0 fully saturated rings. The first-order chi connectivity index (χ1) is 11.6. The fourth-order valence-electron chi connectivity index (χ4n) is 2.37. The van der Waals surface area contributed by atoms with Crippen molar-refractivity contribution in [2.24, 2.45) is 0 Å². The van der Waals surface area contributed by atoms with Crippen LogP contribution in [0.15, 0.2) is 18.2 Å². The van der Waals surface area contributed by atoms with Gasteiger partial charge >= 0.3 is 148 Å². The zero-order valence-corrected chi connectivity index (χ0v) is 26.8. The summed E-state index contributed by atoms with van der Waals surface area (Å²) < 4.78 is 0. The molecule has 2 rings (SSSR count). The van der Waals surface area contributed by atoms with Crippen LogP contribution in [0, 0.1) is 0 Å². The molecule has 0 atom stereocenters.